The van der Waals surface area contributed by atoms with Crippen molar-refractivity contribution in [3.63, 3.8) is 0 Å². The fraction of sp³-hybridized carbons (Fsp3) is 0. The molecule has 0 unspecified atom stereocenters. The highest BCUT2D eigenvalue weighted by atomic mass is 79.9. The van der Waals surface area contributed by atoms with E-state index in [-0.39, 0.29) is 5.91 Å². The molecule has 3 nitrogen and oxygen atoms in total. The minimum Gasteiger partial charge on any atom is -0.450 e. The summed E-state index contributed by atoms with van der Waals surface area (Å²) >= 11 is 4.94. The first-order chi connectivity index (χ1) is 11.7. The Kier molecular flexibility index (Phi) is 4.04. The average molecular weight is 398 g/mol. The molecular weight excluding hydrogens is 386 g/mol. The summed E-state index contributed by atoms with van der Waals surface area (Å²) in [5.41, 5.74) is 1.80. The van der Waals surface area contributed by atoms with E-state index < -0.39 is 0 Å². The van der Waals surface area contributed by atoms with Crippen LogP contribution in [0.15, 0.2) is 85.6 Å². The summed E-state index contributed by atoms with van der Waals surface area (Å²) in [6.45, 7) is 0. The fourth-order valence-electron chi connectivity index (χ4n) is 2.59. The quantitative estimate of drug-likeness (QED) is 0.505. The summed E-state index contributed by atoms with van der Waals surface area (Å²) in [5.74, 6) is 0.519. The number of halogens is 1. The van der Waals surface area contributed by atoms with Crippen molar-refractivity contribution in [2.45, 2.75) is 9.79 Å². The molecule has 1 aliphatic rings. The standard InChI is InChI=1S/C19H12BrNO2S/c20-18-11-9-13(23-18)10-12-19(22)21-14-5-1-3-7-16(14)24-17-8-4-2-6-15(17)21/h1-12H/b12-10+. The number of carbonyl (C=O) groups is 1. The number of fused-ring (bicyclic) bond motifs is 2. The summed E-state index contributed by atoms with van der Waals surface area (Å²) < 4.78 is 6.05. The lowest BCUT2D eigenvalue weighted by Gasteiger charge is -2.30. The van der Waals surface area contributed by atoms with Crippen LogP contribution in [0, 0.1) is 0 Å². The van der Waals surface area contributed by atoms with Gasteiger partial charge in [0.25, 0.3) is 5.91 Å². The second-order valence-electron chi connectivity index (χ2n) is 5.19. The molecule has 1 aromatic heterocycles. The maximum Gasteiger partial charge on any atom is 0.255 e. The second-order valence-corrected chi connectivity index (χ2v) is 7.05. The van der Waals surface area contributed by atoms with Crippen LogP contribution in [0.25, 0.3) is 6.08 Å². The van der Waals surface area contributed by atoms with E-state index in [0.717, 1.165) is 21.2 Å². The number of amides is 1. The molecule has 1 aliphatic heterocycles. The molecule has 0 saturated carbocycles. The number of para-hydroxylation sites is 2. The predicted octanol–water partition coefficient (Wildman–Crippen LogP) is 5.88. The Bertz CT molecular complexity index is 902. The topological polar surface area (TPSA) is 33.5 Å². The SMILES string of the molecule is O=C(/C=C/c1ccc(Br)o1)N1c2ccccc2Sc2ccccc21. The highest BCUT2D eigenvalue weighted by Crippen LogP contribution is 2.47. The molecule has 0 saturated heterocycles. The third-order valence-corrected chi connectivity index (χ3v) is 5.19. The Morgan fingerprint density at radius 1 is 0.958 bits per heavy atom. The largest absolute Gasteiger partial charge is 0.450 e. The normalized spacial score (nSPS) is 13.0. The van der Waals surface area contributed by atoms with Crippen LogP contribution >= 0.6 is 27.7 Å². The van der Waals surface area contributed by atoms with E-state index in [2.05, 4.69) is 15.9 Å². The molecule has 0 N–H and O–H groups in total. The molecule has 0 atom stereocenters. The Morgan fingerprint density at radius 3 is 2.17 bits per heavy atom. The van der Waals surface area contributed by atoms with Crippen LogP contribution in [-0.4, -0.2) is 5.91 Å². The summed E-state index contributed by atoms with van der Waals surface area (Å²) in [5, 5.41) is 0. The maximum absolute atomic E-state index is 12.9. The van der Waals surface area contributed by atoms with Gasteiger partial charge in [0.15, 0.2) is 4.67 Å². The van der Waals surface area contributed by atoms with E-state index in [1.54, 1.807) is 28.8 Å². The van der Waals surface area contributed by atoms with Crippen LogP contribution in [-0.2, 0) is 4.79 Å². The van der Waals surface area contributed by atoms with Crippen molar-refractivity contribution in [1.29, 1.82) is 0 Å². The Morgan fingerprint density at radius 2 is 1.58 bits per heavy atom. The van der Waals surface area contributed by atoms with Crippen molar-refractivity contribution in [2.24, 2.45) is 0 Å². The van der Waals surface area contributed by atoms with E-state index in [4.69, 9.17) is 4.42 Å². The third kappa shape index (κ3) is 2.81. The smallest absolute Gasteiger partial charge is 0.255 e. The molecule has 2 heterocycles. The number of rotatable bonds is 2. The minimum absolute atomic E-state index is 0.109. The number of anilines is 2. The van der Waals surface area contributed by atoms with Gasteiger partial charge in [-0.05, 0) is 58.4 Å². The molecule has 3 aromatic rings. The zero-order valence-electron chi connectivity index (χ0n) is 12.5. The van der Waals surface area contributed by atoms with E-state index in [1.165, 1.54) is 6.08 Å². The van der Waals surface area contributed by atoms with Crippen LogP contribution in [0.5, 0.6) is 0 Å². The first kappa shape index (κ1) is 15.3. The Hall–Kier alpha value is -2.24. The molecule has 1 amide bonds. The lowest BCUT2D eigenvalue weighted by atomic mass is 10.2. The lowest BCUT2D eigenvalue weighted by Crippen LogP contribution is -2.26. The first-order valence-electron chi connectivity index (χ1n) is 7.36. The van der Waals surface area contributed by atoms with E-state index in [0.29, 0.717) is 10.4 Å². The van der Waals surface area contributed by atoms with Gasteiger partial charge in [-0.2, -0.15) is 0 Å². The van der Waals surface area contributed by atoms with Gasteiger partial charge >= 0.3 is 0 Å². The van der Waals surface area contributed by atoms with Crippen LogP contribution in [0.1, 0.15) is 5.76 Å². The fourth-order valence-corrected chi connectivity index (χ4v) is 3.96. The van der Waals surface area contributed by atoms with Gasteiger partial charge in [0, 0.05) is 15.9 Å². The number of hydrogen-bond acceptors (Lipinski definition) is 3. The van der Waals surface area contributed by atoms with Gasteiger partial charge in [0.1, 0.15) is 5.76 Å². The van der Waals surface area contributed by atoms with Crippen molar-refractivity contribution < 1.29 is 9.21 Å². The van der Waals surface area contributed by atoms with Gasteiger partial charge in [-0.15, -0.1) is 0 Å². The highest BCUT2D eigenvalue weighted by molar-refractivity contribution is 9.10. The molecule has 0 fully saturated rings. The van der Waals surface area contributed by atoms with Crippen LogP contribution in [0.3, 0.4) is 0 Å². The number of nitrogens with zero attached hydrogens (tertiary/aromatic N) is 1. The van der Waals surface area contributed by atoms with Gasteiger partial charge in [0.2, 0.25) is 0 Å². The van der Waals surface area contributed by atoms with Crippen molar-refractivity contribution in [2.75, 3.05) is 4.90 Å². The van der Waals surface area contributed by atoms with Crippen LogP contribution in [0.4, 0.5) is 11.4 Å². The average Bonchev–Trinajstić information content (AvgIpc) is 3.03. The van der Waals surface area contributed by atoms with Crippen molar-refractivity contribution in [3.05, 3.63) is 77.2 Å². The van der Waals surface area contributed by atoms with Crippen molar-refractivity contribution >= 4 is 51.0 Å². The minimum atomic E-state index is -0.109. The Balaban J connectivity index is 1.74. The van der Waals surface area contributed by atoms with E-state index in [9.17, 15) is 4.79 Å². The summed E-state index contributed by atoms with van der Waals surface area (Å²) in [7, 11) is 0. The van der Waals surface area contributed by atoms with Crippen LogP contribution < -0.4 is 4.90 Å². The molecule has 0 spiro atoms. The van der Waals surface area contributed by atoms with Crippen molar-refractivity contribution in [3.8, 4) is 0 Å². The Labute approximate surface area is 152 Å². The van der Waals surface area contributed by atoms with Gasteiger partial charge in [0.05, 0.1) is 11.4 Å². The molecular formula is C19H12BrNO2S. The number of hydrogen-bond donors (Lipinski definition) is 0. The van der Waals surface area contributed by atoms with Crippen LogP contribution in [0.2, 0.25) is 0 Å². The predicted molar refractivity (Wildman–Crippen MR) is 99.6 cm³/mol. The van der Waals surface area contributed by atoms with E-state index in [1.807, 2.05) is 54.6 Å². The molecule has 4 rings (SSSR count). The number of benzene rings is 2. The van der Waals surface area contributed by atoms with Gasteiger partial charge in [-0.3, -0.25) is 9.69 Å². The first-order valence-corrected chi connectivity index (χ1v) is 8.97. The summed E-state index contributed by atoms with van der Waals surface area (Å²) in [6.07, 6.45) is 3.22. The van der Waals surface area contributed by atoms with Gasteiger partial charge in [-0.1, -0.05) is 36.0 Å². The van der Waals surface area contributed by atoms with E-state index >= 15 is 0 Å². The molecule has 2 aromatic carbocycles. The highest BCUT2D eigenvalue weighted by Gasteiger charge is 2.26. The number of furan rings is 1. The zero-order chi connectivity index (χ0) is 16.5. The molecule has 118 valence electrons. The maximum atomic E-state index is 12.9. The monoisotopic (exact) mass is 397 g/mol. The molecule has 0 aliphatic carbocycles. The van der Waals surface area contributed by atoms with Gasteiger partial charge < -0.3 is 4.42 Å². The summed E-state index contributed by atoms with van der Waals surface area (Å²) in [6, 6.07) is 19.5. The number of carbonyl (C=O) groups excluding carboxylic acids is 1. The third-order valence-electron chi connectivity index (χ3n) is 3.64. The molecule has 5 heteroatoms. The summed E-state index contributed by atoms with van der Waals surface area (Å²) in [4.78, 5) is 16.8. The molecule has 24 heavy (non-hydrogen) atoms. The zero-order valence-corrected chi connectivity index (χ0v) is 14.9. The lowest BCUT2D eigenvalue weighted by molar-refractivity contribution is -0.113. The molecule has 0 radical (unpaired) electrons. The molecule has 0 bridgehead atoms. The van der Waals surface area contributed by atoms with Gasteiger partial charge in [-0.25, -0.2) is 0 Å². The van der Waals surface area contributed by atoms with Crippen molar-refractivity contribution in [1.82, 2.24) is 0 Å². The second kappa shape index (κ2) is 6.34.